The summed E-state index contributed by atoms with van der Waals surface area (Å²) in [6.07, 6.45) is 0. The summed E-state index contributed by atoms with van der Waals surface area (Å²) in [5.74, 6) is 0. The van der Waals surface area contributed by atoms with Gasteiger partial charge in [-0.1, -0.05) is 20.8 Å². The van der Waals surface area contributed by atoms with Crippen molar-refractivity contribution in [3.8, 4) is 0 Å². The maximum atomic E-state index is 4.12. The number of hydrogen-bond donors (Lipinski definition) is 1. The molecule has 0 unspecified atom stereocenters. The molecule has 0 bridgehead atoms. The third kappa shape index (κ3) is 58.8. The minimum atomic E-state index is 0. The number of thiol groups is 1. The quantitative estimate of drug-likeness (QED) is 0.510. The average molecular weight is 291 g/mol. The second-order valence-electron chi connectivity index (χ2n) is 2.17. The molecule has 0 aliphatic carbocycles. The molecule has 0 aliphatic heterocycles. The van der Waals surface area contributed by atoms with Gasteiger partial charge in [-0.2, -0.15) is 12.6 Å². The maximum absolute atomic E-state index is 4.12. The van der Waals surface area contributed by atoms with E-state index in [2.05, 4.69) is 33.4 Å². The molecule has 0 rings (SSSR count). The third-order valence-electron chi connectivity index (χ3n) is 0. The summed E-state index contributed by atoms with van der Waals surface area (Å²) in [5, 5.41) is 0. The van der Waals surface area contributed by atoms with E-state index >= 15 is 0 Å². The van der Waals surface area contributed by atoms with Gasteiger partial charge in [-0.3, -0.25) is 0 Å². The Bertz CT molecular complexity index is 23.0. The Morgan fingerprint density at radius 2 is 1.17 bits per heavy atom. The standard InChI is InChI=1S/C4H10S.Hg/c1-4(2,3)5;/h5H,1-3H3;. The van der Waals surface area contributed by atoms with Crippen LogP contribution < -0.4 is 0 Å². The first-order valence-electron chi connectivity index (χ1n) is 1.72. The van der Waals surface area contributed by atoms with E-state index in [0.29, 0.717) is 0 Å². The summed E-state index contributed by atoms with van der Waals surface area (Å²) >= 11 is 4.12. The largest absolute Gasteiger partial charge is 0.173 e. The monoisotopic (exact) mass is 292 g/mol. The van der Waals surface area contributed by atoms with Crippen molar-refractivity contribution in [3.05, 3.63) is 0 Å². The molecule has 0 nitrogen and oxygen atoms in total. The molecule has 0 spiro atoms. The second-order valence-corrected chi connectivity index (χ2v) is 3.51. The fourth-order valence-electron chi connectivity index (χ4n) is 0. The van der Waals surface area contributed by atoms with E-state index in [-0.39, 0.29) is 32.4 Å². The predicted molar refractivity (Wildman–Crippen MR) is 28.7 cm³/mol. The Hall–Kier alpha value is 1.29. The van der Waals surface area contributed by atoms with Gasteiger partial charge in [-0.05, 0) is 0 Å². The molecule has 0 saturated heterocycles. The van der Waals surface area contributed by atoms with E-state index < -0.39 is 0 Å². The van der Waals surface area contributed by atoms with Crippen LogP contribution in [0.4, 0.5) is 0 Å². The summed E-state index contributed by atoms with van der Waals surface area (Å²) < 4.78 is 0.194. The van der Waals surface area contributed by atoms with Gasteiger partial charge in [-0.25, -0.2) is 0 Å². The van der Waals surface area contributed by atoms with Gasteiger partial charge >= 0.3 is 0 Å². The van der Waals surface area contributed by atoms with Crippen LogP contribution in [0, 0.1) is 0 Å². The van der Waals surface area contributed by atoms with Gasteiger partial charge in [0.05, 0.1) is 0 Å². The molecule has 0 heterocycles. The first-order valence-corrected chi connectivity index (χ1v) is 2.17. The van der Waals surface area contributed by atoms with Crippen molar-refractivity contribution < 1.29 is 27.7 Å². The SMILES string of the molecule is CC(C)(C)S.[Hg]. The van der Waals surface area contributed by atoms with Crippen molar-refractivity contribution >= 4 is 12.6 Å². The van der Waals surface area contributed by atoms with Gasteiger partial charge in [-0.15, -0.1) is 0 Å². The zero-order valence-electron chi connectivity index (χ0n) is 4.65. The van der Waals surface area contributed by atoms with Crippen LogP contribution >= 0.6 is 12.6 Å². The zero-order chi connectivity index (χ0) is 4.50. The second kappa shape index (κ2) is 3.31. The molecule has 0 aromatic heterocycles. The van der Waals surface area contributed by atoms with Gasteiger partial charge in [0, 0.05) is 32.4 Å². The van der Waals surface area contributed by atoms with Crippen LogP contribution in [-0.2, 0) is 27.7 Å². The van der Waals surface area contributed by atoms with E-state index in [1.54, 1.807) is 0 Å². The van der Waals surface area contributed by atoms with Crippen LogP contribution in [0.15, 0.2) is 0 Å². The Kier molecular flexibility index (Phi) is 5.68. The van der Waals surface area contributed by atoms with Gasteiger partial charge in [0.25, 0.3) is 0 Å². The summed E-state index contributed by atoms with van der Waals surface area (Å²) in [4.78, 5) is 0. The topological polar surface area (TPSA) is 0 Å². The van der Waals surface area contributed by atoms with Crippen LogP contribution in [0.5, 0.6) is 0 Å². The smallest absolute Gasteiger partial charge is 0.00449 e. The zero-order valence-corrected chi connectivity index (χ0v) is 11.0. The molecule has 0 N–H and O–H groups in total. The fraction of sp³-hybridized carbons (Fsp3) is 1.00. The van der Waals surface area contributed by atoms with Crippen molar-refractivity contribution in [3.63, 3.8) is 0 Å². The summed E-state index contributed by atoms with van der Waals surface area (Å²) in [5.41, 5.74) is 0. The number of hydrogen-bond acceptors (Lipinski definition) is 1. The van der Waals surface area contributed by atoms with Gasteiger partial charge < -0.3 is 0 Å². The maximum Gasteiger partial charge on any atom is 0.00449 e. The summed E-state index contributed by atoms with van der Waals surface area (Å²) in [6, 6.07) is 0. The van der Waals surface area contributed by atoms with E-state index in [9.17, 15) is 0 Å². The minimum absolute atomic E-state index is 0. The first kappa shape index (κ1) is 10.3. The van der Waals surface area contributed by atoms with Gasteiger partial charge in [0.2, 0.25) is 0 Å². The first-order chi connectivity index (χ1) is 2.00. The molecule has 2 heteroatoms. The Morgan fingerprint density at radius 3 is 1.17 bits per heavy atom. The molecule has 0 aromatic carbocycles. The number of rotatable bonds is 0. The van der Waals surface area contributed by atoms with Crippen LogP contribution in [0.3, 0.4) is 0 Å². The van der Waals surface area contributed by atoms with Crippen LogP contribution in [0.1, 0.15) is 20.8 Å². The van der Waals surface area contributed by atoms with E-state index in [1.165, 1.54) is 0 Å². The van der Waals surface area contributed by atoms with Crippen molar-refractivity contribution in [1.82, 2.24) is 0 Å². The van der Waals surface area contributed by atoms with Crippen LogP contribution in [0.2, 0.25) is 0 Å². The Morgan fingerprint density at radius 1 is 1.17 bits per heavy atom. The summed E-state index contributed by atoms with van der Waals surface area (Å²) in [6.45, 7) is 6.16. The van der Waals surface area contributed by atoms with Crippen LogP contribution in [0.25, 0.3) is 0 Å². The normalized spacial score (nSPS) is 10.0. The molecule has 6 heavy (non-hydrogen) atoms. The molecule has 0 atom stereocenters. The predicted octanol–water partition coefficient (Wildman–Crippen LogP) is 1.71. The minimum Gasteiger partial charge on any atom is -0.173 e. The molecule has 0 aromatic rings. The average Bonchev–Trinajstić information content (AvgIpc) is 0.722. The molecule has 0 radical (unpaired) electrons. The van der Waals surface area contributed by atoms with Crippen molar-refractivity contribution in [1.29, 1.82) is 0 Å². The Balaban J connectivity index is 0. The molecular formula is C4H10HgS. The van der Waals surface area contributed by atoms with Crippen LogP contribution in [-0.4, -0.2) is 4.75 Å². The van der Waals surface area contributed by atoms with Gasteiger partial charge in [0.15, 0.2) is 0 Å². The molecule has 0 amide bonds. The molecule has 34 valence electrons. The van der Waals surface area contributed by atoms with E-state index in [4.69, 9.17) is 0 Å². The van der Waals surface area contributed by atoms with Crippen molar-refractivity contribution in [2.45, 2.75) is 25.5 Å². The van der Waals surface area contributed by atoms with Crippen molar-refractivity contribution in [2.75, 3.05) is 0 Å². The fourth-order valence-corrected chi connectivity index (χ4v) is 0. The summed E-state index contributed by atoms with van der Waals surface area (Å²) in [7, 11) is 0. The molecule has 0 aliphatic rings. The van der Waals surface area contributed by atoms with Crippen molar-refractivity contribution in [2.24, 2.45) is 0 Å². The molecule has 0 fully saturated rings. The van der Waals surface area contributed by atoms with E-state index in [0.717, 1.165) is 0 Å². The van der Waals surface area contributed by atoms with Gasteiger partial charge in [0.1, 0.15) is 0 Å². The van der Waals surface area contributed by atoms with E-state index in [1.807, 2.05) is 0 Å². The third-order valence-corrected chi connectivity index (χ3v) is 0. The Labute approximate surface area is 65.6 Å². The molecule has 0 saturated carbocycles. The molecular weight excluding hydrogens is 281 g/mol.